The van der Waals surface area contributed by atoms with Crippen LogP contribution in [-0.2, 0) is 15.3 Å². The first-order valence-corrected chi connectivity index (χ1v) is 4.82. The molecular weight excluding hydrogens is 205 g/mol. The lowest BCUT2D eigenvalue weighted by atomic mass is 10.3. The summed E-state index contributed by atoms with van der Waals surface area (Å²) in [6, 6.07) is 0. The van der Waals surface area contributed by atoms with Gasteiger partial charge in [0.2, 0.25) is 0 Å². The van der Waals surface area contributed by atoms with Crippen molar-refractivity contribution in [1.29, 1.82) is 0 Å². The molecule has 0 aliphatic rings. The summed E-state index contributed by atoms with van der Waals surface area (Å²) in [5.41, 5.74) is -4.78. The summed E-state index contributed by atoms with van der Waals surface area (Å²) in [6.45, 7) is 1.67. The normalized spacial score (nSPS) is 15.1. The zero-order chi connectivity index (χ0) is 10.3. The molecule has 1 atom stereocenters. The van der Waals surface area contributed by atoms with Crippen LogP contribution >= 0.6 is 0 Å². The van der Waals surface area contributed by atoms with Gasteiger partial charge in [0.1, 0.15) is 0 Å². The number of unbranched alkanes of at least 4 members (excludes halogenated alkanes) is 1. The quantitative estimate of drug-likeness (QED) is 0.660. The van der Waals surface area contributed by atoms with Gasteiger partial charge in [-0.1, -0.05) is 25.5 Å². The van der Waals surface area contributed by atoms with Gasteiger partial charge in [-0.25, -0.2) is 4.21 Å². The summed E-state index contributed by atoms with van der Waals surface area (Å²) in [4.78, 5) is 0. The molecule has 0 rings (SSSR count). The van der Waals surface area contributed by atoms with Gasteiger partial charge < -0.3 is 0 Å². The highest BCUT2D eigenvalue weighted by atomic mass is 32.2. The van der Waals surface area contributed by atoms with E-state index in [0.717, 1.165) is 12.8 Å². The number of hydrogen-bond donors (Lipinski definition) is 0. The van der Waals surface area contributed by atoms with E-state index < -0.39 is 16.6 Å². The van der Waals surface area contributed by atoms with E-state index >= 15 is 0 Å². The van der Waals surface area contributed by atoms with Gasteiger partial charge in [-0.05, 0) is 6.42 Å². The summed E-state index contributed by atoms with van der Waals surface area (Å²) < 4.78 is 49.0. The number of rotatable bonds is 5. The molecule has 0 fully saturated rings. The van der Waals surface area contributed by atoms with Crippen molar-refractivity contribution >= 4 is 11.1 Å². The van der Waals surface area contributed by atoms with Crippen molar-refractivity contribution in [1.82, 2.24) is 0 Å². The van der Waals surface area contributed by atoms with Crippen LogP contribution in [0, 0.1) is 0 Å². The van der Waals surface area contributed by atoms with Crippen molar-refractivity contribution in [3.63, 3.8) is 0 Å². The van der Waals surface area contributed by atoms with E-state index in [2.05, 4.69) is 4.18 Å². The van der Waals surface area contributed by atoms with Crippen LogP contribution in [0.3, 0.4) is 0 Å². The fourth-order valence-corrected chi connectivity index (χ4v) is 0.856. The Labute approximate surface area is 77.4 Å². The Hall–Kier alpha value is -0.360. The Kier molecular flexibility index (Phi) is 5.98. The molecule has 78 valence electrons. The highest BCUT2D eigenvalue weighted by molar-refractivity contribution is 7.81. The van der Waals surface area contributed by atoms with E-state index in [1.54, 1.807) is 6.08 Å². The Balaban J connectivity index is 3.60. The molecule has 0 N–H and O–H groups in total. The molecule has 0 heterocycles. The number of halogens is 3. The van der Waals surface area contributed by atoms with Gasteiger partial charge >= 0.3 is 5.51 Å². The minimum Gasteiger partial charge on any atom is -0.280 e. The predicted octanol–water partition coefficient (Wildman–Crippen LogP) is 2.54. The average Bonchev–Trinajstić information content (AvgIpc) is 2.02. The molecule has 0 aromatic rings. The van der Waals surface area contributed by atoms with E-state index in [1.165, 1.54) is 6.08 Å². The van der Waals surface area contributed by atoms with E-state index in [4.69, 9.17) is 0 Å². The van der Waals surface area contributed by atoms with Crippen LogP contribution in [0.25, 0.3) is 0 Å². The molecule has 2 nitrogen and oxygen atoms in total. The average molecular weight is 216 g/mol. The first-order chi connectivity index (χ1) is 5.98. The van der Waals surface area contributed by atoms with Crippen LogP contribution in [0.15, 0.2) is 12.2 Å². The third-order valence-corrected chi connectivity index (χ3v) is 1.81. The molecule has 0 aromatic carbocycles. The zero-order valence-corrected chi connectivity index (χ0v) is 7.95. The maximum atomic E-state index is 11.6. The first-order valence-electron chi connectivity index (χ1n) is 3.75. The van der Waals surface area contributed by atoms with Gasteiger partial charge in [-0.2, -0.15) is 13.2 Å². The minimum atomic E-state index is -4.78. The summed E-state index contributed by atoms with van der Waals surface area (Å²) >= 11 is -3.19. The molecule has 0 bridgehead atoms. The molecule has 0 saturated carbocycles. The molecule has 0 aromatic heterocycles. The van der Waals surface area contributed by atoms with Gasteiger partial charge in [-0.15, -0.1) is 0 Å². The standard InChI is InChI=1S/C7H11F3O2S/c1-2-3-4-5-6-12-13(11)7(8,9)10/h4-5H,2-3,6H2,1H3/b5-4+. The molecule has 0 saturated heterocycles. The Morgan fingerprint density at radius 1 is 1.38 bits per heavy atom. The summed E-state index contributed by atoms with van der Waals surface area (Å²) in [7, 11) is 0. The predicted molar refractivity (Wildman–Crippen MR) is 44.2 cm³/mol. The first kappa shape index (κ1) is 12.6. The van der Waals surface area contributed by atoms with Crippen molar-refractivity contribution in [2.75, 3.05) is 6.61 Å². The maximum Gasteiger partial charge on any atom is 0.497 e. The van der Waals surface area contributed by atoms with Gasteiger partial charge in [0.25, 0.3) is 11.1 Å². The van der Waals surface area contributed by atoms with Crippen molar-refractivity contribution < 1.29 is 21.6 Å². The Bertz CT molecular complexity index is 189. The molecule has 6 heteroatoms. The lowest BCUT2D eigenvalue weighted by Gasteiger charge is -2.03. The maximum absolute atomic E-state index is 11.6. The smallest absolute Gasteiger partial charge is 0.280 e. The lowest BCUT2D eigenvalue weighted by molar-refractivity contribution is -0.0466. The van der Waals surface area contributed by atoms with Crippen LogP contribution in [-0.4, -0.2) is 16.3 Å². The topological polar surface area (TPSA) is 26.3 Å². The second-order valence-corrected chi connectivity index (χ2v) is 3.39. The van der Waals surface area contributed by atoms with Gasteiger partial charge in [-0.3, -0.25) is 4.18 Å². The van der Waals surface area contributed by atoms with E-state index in [1.807, 2.05) is 6.92 Å². The zero-order valence-electron chi connectivity index (χ0n) is 7.13. The monoisotopic (exact) mass is 216 g/mol. The summed E-state index contributed by atoms with van der Waals surface area (Å²) in [5, 5.41) is 0. The van der Waals surface area contributed by atoms with Gasteiger partial charge in [0.05, 0.1) is 6.61 Å². The Morgan fingerprint density at radius 3 is 2.46 bits per heavy atom. The minimum absolute atomic E-state index is 0.272. The molecule has 0 spiro atoms. The van der Waals surface area contributed by atoms with E-state index in [9.17, 15) is 17.4 Å². The second kappa shape index (κ2) is 6.15. The molecule has 13 heavy (non-hydrogen) atoms. The van der Waals surface area contributed by atoms with E-state index in [-0.39, 0.29) is 6.61 Å². The van der Waals surface area contributed by atoms with Crippen molar-refractivity contribution in [2.45, 2.75) is 25.3 Å². The molecule has 0 amide bonds. The number of allylic oxidation sites excluding steroid dienone is 1. The fraction of sp³-hybridized carbons (Fsp3) is 0.714. The van der Waals surface area contributed by atoms with Crippen molar-refractivity contribution in [2.24, 2.45) is 0 Å². The fourth-order valence-electron chi connectivity index (χ4n) is 0.520. The number of alkyl halides is 3. The molecule has 0 aliphatic heterocycles. The van der Waals surface area contributed by atoms with Crippen molar-refractivity contribution in [3.05, 3.63) is 12.2 Å². The molecule has 1 unspecified atom stereocenters. The largest absolute Gasteiger partial charge is 0.497 e. The summed E-state index contributed by atoms with van der Waals surface area (Å²) in [6.07, 6.45) is 4.81. The highest BCUT2D eigenvalue weighted by Gasteiger charge is 2.38. The third-order valence-electron chi connectivity index (χ3n) is 1.08. The molecule has 0 radical (unpaired) electrons. The summed E-state index contributed by atoms with van der Waals surface area (Å²) in [5.74, 6) is 0. The van der Waals surface area contributed by atoms with Crippen LogP contribution < -0.4 is 0 Å². The van der Waals surface area contributed by atoms with E-state index in [0.29, 0.717) is 0 Å². The highest BCUT2D eigenvalue weighted by Crippen LogP contribution is 2.20. The third kappa shape index (κ3) is 6.77. The van der Waals surface area contributed by atoms with Crippen LogP contribution in [0.1, 0.15) is 19.8 Å². The van der Waals surface area contributed by atoms with Gasteiger partial charge in [0.15, 0.2) is 0 Å². The van der Waals surface area contributed by atoms with Gasteiger partial charge in [0, 0.05) is 0 Å². The van der Waals surface area contributed by atoms with Crippen molar-refractivity contribution in [3.8, 4) is 0 Å². The lowest BCUT2D eigenvalue weighted by Crippen LogP contribution is -2.18. The van der Waals surface area contributed by atoms with Crippen LogP contribution in [0.4, 0.5) is 13.2 Å². The molecule has 0 aliphatic carbocycles. The van der Waals surface area contributed by atoms with Crippen LogP contribution in [0.2, 0.25) is 0 Å². The Morgan fingerprint density at radius 2 is 2.00 bits per heavy atom. The second-order valence-electron chi connectivity index (χ2n) is 2.23. The number of hydrogen-bond acceptors (Lipinski definition) is 2. The molecular formula is C7H11F3O2S. The SMILES string of the molecule is CCC/C=C/COS(=O)C(F)(F)F. The van der Waals surface area contributed by atoms with Crippen LogP contribution in [0.5, 0.6) is 0 Å².